The Morgan fingerprint density at radius 2 is 1.64 bits per heavy atom. The van der Waals surface area contributed by atoms with E-state index in [0.29, 0.717) is 11.3 Å². The van der Waals surface area contributed by atoms with Crippen molar-refractivity contribution in [2.45, 2.75) is 83.5 Å². The van der Waals surface area contributed by atoms with E-state index >= 15 is 0 Å². The molecule has 1 amide bonds. The summed E-state index contributed by atoms with van der Waals surface area (Å²) in [4.78, 5) is 26.2. The number of Topliss-reactive ketones (excluding diaryl/α,β-unsaturated/α-hetero) is 1. The number of rotatable bonds is 12. The van der Waals surface area contributed by atoms with Crippen molar-refractivity contribution < 1.29 is 37.0 Å². The van der Waals surface area contributed by atoms with E-state index in [1.165, 1.54) is 21.0 Å². The number of nitrogens with one attached hydrogen (secondary N) is 1. The number of halogens is 3. The Kier molecular flexibility index (Phi) is 11.2. The highest BCUT2D eigenvalue weighted by Crippen LogP contribution is 2.37. The number of amides is 1. The number of methoxy groups -OCH3 is 1. The highest BCUT2D eigenvalue weighted by atomic mass is 28.4. The molecule has 0 fully saturated rings. The fourth-order valence-electron chi connectivity index (χ4n) is 3.29. The molecule has 1 aromatic carbocycles. The first-order valence-corrected chi connectivity index (χ1v) is 14.8. The van der Waals surface area contributed by atoms with Crippen LogP contribution in [0.15, 0.2) is 24.3 Å². The van der Waals surface area contributed by atoms with Gasteiger partial charge in [-0.25, -0.2) is 0 Å². The van der Waals surface area contributed by atoms with Crippen molar-refractivity contribution in [2.24, 2.45) is 17.6 Å². The standard InChI is InChI=1S/C25H41F3N2O5Si/c1-15(2)18(22(32)25(26,27)28)13-20(31)21(16-9-11-17(34-6)12-10-16)30-23(33)19(29)14-35-36(7,8)24(3,4)5/h9-12,15,18-19,21-22,32H,13-14,29H2,1-8H3,(H,30,33)/t18-,19-,21-,22-/m0/s1. The van der Waals surface area contributed by atoms with Crippen LogP contribution in [-0.2, 0) is 14.0 Å². The van der Waals surface area contributed by atoms with Crippen LogP contribution in [0.5, 0.6) is 5.75 Å². The lowest BCUT2D eigenvalue weighted by atomic mass is 9.83. The molecule has 1 aromatic rings. The quantitative estimate of drug-likeness (QED) is 0.344. The minimum absolute atomic E-state index is 0.0622. The lowest BCUT2D eigenvalue weighted by Crippen LogP contribution is -2.50. The fourth-order valence-corrected chi connectivity index (χ4v) is 4.32. The van der Waals surface area contributed by atoms with Crippen molar-refractivity contribution >= 4 is 20.0 Å². The van der Waals surface area contributed by atoms with Gasteiger partial charge in [0.05, 0.1) is 13.7 Å². The Morgan fingerprint density at radius 1 is 1.11 bits per heavy atom. The molecule has 0 aliphatic heterocycles. The van der Waals surface area contributed by atoms with Gasteiger partial charge in [0.25, 0.3) is 0 Å². The molecular weight excluding hydrogens is 493 g/mol. The molecule has 0 aliphatic carbocycles. The molecular formula is C25H41F3N2O5Si. The van der Waals surface area contributed by atoms with Crippen LogP contribution in [0.1, 0.15) is 52.6 Å². The second-order valence-corrected chi connectivity index (χ2v) is 15.8. The van der Waals surface area contributed by atoms with Crippen molar-refractivity contribution in [3.05, 3.63) is 29.8 Å². The van der Waals surface area contributed by atoms with Gasteiger partial charge in [-0.3, -0.25) is 9.59 Å². The molecule has 0 saturated carbocycles. The maximum absolute atomic E-state index is 13.3. The highest BCUT2D eigenvalue weighted by molar-refractivity contribution is 6.74. The number of hydrogen-bond acceptors (Lipinski definition) is 6. The van der Waals surface area contributed by atoms with Gasteiger partial charge in [-0.15, -0.1) is 0 Å². The zero-order valence-electron chi connectivity index (χ0n) is 22.4. The lowest BCUT2D eigenvalue weighted by Gasteiger charge is -2.36. The van der Waals surface area contributed by atoms with Gasteiger partial charge in [0, 0.05) is 12.3 Å². The van der Waals surface area contributed by atoms with Crippen LogP contribution < -0.4 is 15.8 Å². The zero-order valence-corrected chi connectivity index (χ0v) is 23.4. The van der Waals surface area contributed by atoms with Gasteiger partial charge in [0.1, 0.15) is 17.8 Å². The smallest absolute Gasteiger partial charge is 0.414 e. The molecule has 0 spiro atoms. The monoisotopic (exact) mass is 534 g/mol. The summed E-state index contributed by atoms with van der Waals surface area (Å²) in [5.41, 5.74) is 6.42. The second kappa shape index (κ2) is 12.5. The predicted molar refractivity (Wildman–Crippen MR) is 135 cm³/mol. The SMILES string of the molecule is COc1ccc([C@H](NC(=O)[C@@H](N)CO[Si](C)(C)C(C)(C)C)C(=O)C[C@@H](C(C)C)[C@H](O)C(F)(F)F)cc1. The molecule has 206 valence electrons. The van der Waals surface area contributed by atoms with Gasteiger partial charge in [-0.05, 0) is 41.7 Å². The van der Waals surface area contributed by atoms with Gasteiger partial charge >= 0.3 is 6.18 Å². The Labute approximate surface area is 213 Å². The lowest BCUT2D eigenvalue weighted by molar-refractivity contribution is -0.224. The zero-order chi connectivity index (χ0) is 28.1. The minimum atomic E-state index is -4.88. The third-order valence-corrected chi connectivity index (χ3v) is 11.4. The molecule has 1 rings (SSSR count). The molecule has 0 unspecified atom stereocenters. The van der Waals surface area contributed by atoms with E-state index in [9.17, 15) is 27.9 Å². The third kappa shape index (κ3) is 8.86. The van der Waals surface area contributed by atoms with E-state index in [1.54, 1.807) is 24.3 Å². The number of aliphatic hydroxyl groups excluding tert-OH is 1. The highest BCUT2D eigenvalue weighted by Gasteiger charge is 2.45. The van der Waals surface area contributed by atoms with Crippen LogP contribution in [0, 0.1) is 11.8 Å². The summed E-state index contributed by atoms with van der Waals surface area (Å²) >= 11 is 0. The number of nitrogens with two attached hydrogens (primary N) is 1. The fraction of sp³-hybridized carbons (Fsp3) is 0.680. The van der Waals surface area contributed by atoms with Crippen molar-refractivity contribution in [2.75, 3.05) is 13.7 Å². The Balaban J connectivity index is 3.16. The molecule has 0 bridgehead atoms. The Bertz CT molecular complexity index is 870. The van der Waals surface area contributed by atoms with E-state index in [2.05, 4.69) is 5.32 Å². The van der Waals surface area contributed by atoms with E-state index in [4.69, 9.17) is 14.9 Å². The summed E-state index contributed by atoms with van der Waals surface area (Å²) in [5, 5.41) is 12.3. The van der Waals surface area contributed by atoms with Crippen LogP contribution in [0.4, 0.5) is 13.2 Å². The van der Waals surface area contributed by atoms with Crippen LogP contribution in [-0.4, -0.2) is 57.2 Å². The van der Waals surface area contributed by atoms with E-state index in [1.807, 2.05) is 33.9 Å². The summed E-state index contributed by atoms with van der Waals surface area (Å²) < 4.78 is 50.8. The molecule has 0 saturated heterocycles. The van der Waals surface area contributed by atoms with Gasteiger partial charge in [0.2, 0.25) is 5.91 Å². The summed E-state index contributed by atoms with van der Waals surface area (Å²) in [7, 11) is -0.725. The maximum atomic E-state index is 13.3. The molecule has 4 atom stereocenters. The number of carbonyl (C=O) groups is 2. The van der Waals surface area contributed by atoms with Crippen molar-refractivity contribution in [3.63, 3.8) is 0 Å². The largest absolute Gasteiger partial charge is 0.497 e. The summed E-state index contributed by atoms with van der Waals surface area (Å²) in [5.74, 6) is -2.86. The first kappa shape index (κ1) is 32.1. The molecule has 36 heavy (non-hydrogen) atoms. The number of aliphatic hydroxyl groups is 1. The molecule has 11 heteroatoms. The number of alkyl halides is 3. The summed E-state index contributed by atoms with van der Waals surface area (Å²) in [6, 6.07) is 3.89. The molecule has 0 aliphatic rings. The molecule has 0 heterocycles. The van der Waals surface area contributed by atoms with Crippen LogP contribution in [0.3, 0.4) is 0 Å². The summed E-state index contributed by atoms with van der Waals surface area (Å²) in [6.07, 6.45) is -8.14. The number of ketones is 1. The average molecular weight is 535 g/mol. The van der Waals surface area contributed by atoms with Crippen molar-refractivity contribution in [3.8, 4) is 5.75 Å². The first-order valence-electron chi connectivity index (χ1n) is 11.9. The van der Waals surface area contributed by atoms with Crippen LogP contribution in [0.2, 0.25) is 18.1 Å². The topological polar surface area (TPSA) is 111 Å². The predicted octanol–water partition coefficient (Wildman–Crippen LogP) is 4.36. The van der Waals surface area contributed by atoms with Crippen molar-refractivity contribution in [1.82, 2.24) is 5.32 Å². The van der Waals surface area contributed by atoms with Crippen LogP contribution >= 0.6 is 0 Å². The Hall–Kier alpha value is -1.95. The maximum Gasteiger partial charge on any atom is 0.414 e. The number of ether oxygens (including phenoxy) is 1. The number of benzene rings is 1. The van der Waals surface area contributed by atoms with E-state index < -0.39 is 62.6 Å². The van der Waals surface area contributed by atoms with Gasteiger partial charge < -0.3 is 25.3 Å². The minimum Gasteiger partial charge on any atom is -0.497 e. The van der Waals surface area contributed by atoms with Gasteiger partial charge in [0.15, 0.2) is 20.2 Å². The first-order chi connectivity index (χ1) is 16.3. The number of hydrogen-bond donors (Lipinski definition) is 3. The summed E-state index contributed by atoms with van der Waals surface area (Å²) in [6.45, 7) is 13.1. The molecule has 7 nitrogen and oxygen atoms in total. The van der Waals surface area contributed by atoms with Crippen LogP contribution in [0.25, 0.3) is 0 Å². The van der Waals surface area contributed by atoms with Gasteiger partial charge in [-0.1, -0.05) is 46.8 Å². The molecule has 0 radical (unpaired) electrons. The van der Waals surface area contributed by atoms with Gasteiger partial charge in [-0.2, -0.15) is 13.2 Å². The molecule has 0 aromatic heterocycles. The number of carbonyl (C=O) groups excluding carboxylic acids is 2. The van der Waals surface area contributed by atoms with E-state index in [0.717, 1.165) is 0 Å². The average Bonchev–Trinajstić information content (AvgIpc) is 2.77. The van der Waals surface area contributed by atoms with Crippen molar-refractivity contribution in [1.29, 1.82) is 0 Å². The molecule has 4 N–H and O–H groups in total. The normalized spacial score (nSPS) is 16.3. The Morgan fingerprint density at radius 3 is 2.06 bits per heavy atom. The second-order valence-electron chi connectivity index (χ2n) is 11.0. The third-order valence-electron chi connectivity index (χ3n) is 6.86. The van der Waals surface area contributed by atoms with E-state index in [-0.39, 0.29) is 11.6 Å².